The second kappa shape index (κ2) is 6.64. The molecule has 0 aliphatic heterocycles. The van der Waals surface area contributed by atoms with E-state index >= 15 is 0 Å². The Kier molecular flexibility index (Phi) is 5.48. The van der Waals surface area contributed by atoms with E-state index in [1.165, 1.54) is 6.42 Å². The molecule has 1 rings (SSSR count). The summed E-state index contributed by atoms with van der Waals surface area (Å²) in [5.41, 5.74) is 0. The molecule has 17 heavy (non-hydrogen) atoms. The quantitative estimate of drug-likeness (QED) is 0.819. The maximum atomic E-state index is 6.05. The molecule has 96 valence electrons. The zero-order valence-corrected chi connectivity index (χ0v) is 11.7. The molecule has 2 N–H and O–H groups in total. The lowest BCUT2D eigenvalue weighted by atomic mass is 10.0. The van der Waals surface area contributed by atoms with Crippen LogP contribution in [0, 0.1) is 5.92 Å². The average molecular weight is 257 g/mol. The van der Waals surface area contributed by atoms with Crippen molar-refractivity contribution in [1.82, 2.24) is 9.97 Å². The summed E-state index contributed by atoms with van der Waals surface area (Å²) in [5, 5.41) is 6.78. The van der Waals surface area contributed by atoms with Gasteiger partial charge in [0.2, 0.25) is 5.95 Å². The van der Waals surface area contributed by atoms with Crippen molar-refractivity contribution in [2.75, 3.05) is 17.7 Å². The van der Waals surface area contributed by atoms with Gasteiger partial charge in [0, 0.05) is 13.1 Å². The third kappa shape index (κ3) is 4.38. The SMILES string of the molecule is CCC(C)CC(C)Nc1nc(NC)ncc1Cl. The van der Waals surface area contributed by atoms with E-state index in [9.17, 15) is 0 Å². The van der Waals surface area contributed by atoms with Crippen LogP contribution in [-0.4, -0.2) is 23.1 Å². The molecule has 0 aliphatic carbocycles. The number of aromatic nitrogens is 2. The molecule has 0 amide bonds. The lowest BCUT2D eigenvalue weighted by Gasteiger charge is -2.18. The first-order chi connectivity index (χ1) is 8.06. The molecule has 1 heterocycles. The van der Waals surface area contributed by atoms with Gasteiger partial charge in [0.25, 0.3) is 0 Å². The first-order valence-electron chi connectivity index (χ1n) is 6.03. The fourth-order valence-corrected chi connectivity index (χ4v) is 1.80. The second-order valence-electron chi connectivity index (χ2n) is 4.43. The lowest BCUT2D eigenvalue weighted by molar-refractivity contribution is 0.483. The molecule has 0 aliphatic rings. The highest BCUT2D eigenvalue weighted by molar-refractivity contribution is 6.32. The van der Waals surface area contributed by atoms with Crippen LogP contribution in [0.4, 0.5) is 11.8 Å². The van der Waals surface area contributed by atoms with Gasteiger partial charge >= 0.3 is 0 Å². The van der Waals surface area contributed by atoms with Crippen molar-refractivity contribution >= 4 is 23.4 Å². The molecule has 0 saturated heterocycles. The summed E-state index contributed by atoms with van der Waals surface area (Å²) in [4.78, 5) is 8.35. The Morgan fingerprint density at radius 2 is 2.12 bits per heavy atom. The molecule has 0 fully saturated rings. The van der Waals surface area contributed by atoms with Crippen LogP contribution in [0.3, 0.4) is 0 Å². The molecule has 1 aromatic rings. The van der Waals surface area contributed by atoms with Crippen LogP contribution >= 0.6 is 11.6 Å². The predicted octanol–water partition coefficient (Wildman–Crippen LogP) is 3.41. The van der Waals surface area contributed by atoms with Crippen LogP contribution in [0.25, 0.3) is 0 Å². The standard InChI is InChI=1S/C12H21ClN4/c1-5-8(2)6-9(3)16-11-10(13)7-15-12(14-4)17-11/h7-9H,5-6H2,1-4H3,(H2,14,15,16,17). The van der Waals surface area contributed by atoms with Crippen LogP contribution < -0.4 is 10.6 Å². The predicted molar refractivity (Wildman–Crippen MR) is 73.7 cm³/mol. The molecular weight excluding hydrogens is 236 g/mol. The summed E-state index contributed by atoms with van der Waals surface area (Å²) in [6.45, 7) is 6.59. The summed E-state index contributed by atoms with van der Waals surface area (Å²) in [6, 6.07) is 0.349. The number of halogens is 1. The molecule has 1 aromatic heterocycles. The topological polar surface area (TPSA) is 49.8 Å². The monoisotopic (exact) mass is 256 g/mol. The van der Waals surface area contributed by atoms with E-state index in [0.717, 1.165) is 6.42 Å². The second-order valence-corrected chi connectivity index (χ2v) is 4.84. The summed E-state index contributed by atoms with van der Waals surface area (Å²) in [7, 11) is 1.79. The molecule has 0 aromatic carbocycles. The minimum Gasteiger partial charge on any atom is -0.366 e. The van der Waals surface area contributed by atoms with Gasteiger partial charge in [0.05, 0.1) is 6.20 Å². The molecular formula is C12H21ClN4. The van der Waals surface area contributed by atoms with Gasteiger partial charge in [-0.2, -0.15) is 4.98 Å². The third-order valence-corrected chi connectivity index (χ3v) is 3.08. The molecule has 0 radical (unpaired) electrons. The van der Waals surface area contributed by atoms with Crippen molar-refractivity contribution in [3.63, 3.8) is 0 Å². The normalized spacial score (nSPS) is 14.2. The first kappa shape index (κ1) is 14.0. The number of hydrogen-bond acceptors (Lipinski definition) is 4. The summed E-state index contributed by atoms with van der Waals surface area (Å²) < 4.78 is 0. The third-order valence-electron chi connectivity index (χ3n) is 2.80. The van der Waals surface area contributed by atoms with Crippen molar-refractivity contribution in [2.24, 2.45) is 5.92 Å². The summed E-state index contributed by atoms with van der Waals surface area (Å²) in [5.74, 6) is 1.97. The van der Waals surface area contributed by atoms with E-state index < -0.39 is 0 Å². The number of nitrogens with one attached hydrogen (secondary N) is 2. The summed E-state index contributed by atoms with van der Waals surface area (Å²) >= 11 is 6.05. The van der Waals surface area contributed by atoms with E-state index in [1.54, 1.807) is 13.2 Å². The number of hydrogen-bond donors (Lipinski definition) is 2. The Hall–Kier alpha value is -1.03. The van der Waals surface area contributed by atoms with E-state index in [1.807, 2.05) is 0 Å². The maximum absolute atomic E-state index is 6.05. The van der Waals surface area contributed by atoms with Crippen LogP contribution in [0.5, 0.6) is 0 Å². The van der Waals surface area contributed by atoms with Crippen LogP contribution in [0.15, 0.2) is 6.20 Å². The molecule has 0 bridgehead atoms. The van der Waals surface area contributed by atoms with Crippen LogP contribution in [0.2, 0.25) is 5.02 Å². The van der Waals surface area contributed by atoms with Gasteiger partial charge in [-0.1, -0.05) is 31.9 Å². The van der Waals surface area contributed by atoms with Gasteiger partial charge in [-0.15, -0.1) is 0 Å². The van der Waals surface area contributed by atoms with Crippen LogP contribution in [0.1, 0.15) is 33.6 Å². The number of rotatable bonds is 6. The number of anilines is 2. The number of nitrogens with zero attached hydrogens (tertiary/aromatic N) is 2. The Morgan fingerprint density at radius 3 is 2.71 bits per heavy atom. The molecule has 4 nitrogen and oxygen atoms in total. The van der Waals surface area contributed by atoms with Crippen molar-refractivity contribution < 1.29 is 0 Å². The molecule has 5 heteroatoms. The minimum absolute atomic E-state index is 0.349. The molecule has 0 saturated carbocycles. The largest absolute Gasteiger partial charge is 0.366 e. The zero-order valence-electron chi connectivity index (χ0n) is 10.9. The zero-order chi connectivity index (χ0) is 12.8. The van der Waals surface area contributed by atoms with E-state index in [-0.39, 0.29) is 0 Å². The van der Waals surface area contributed by atoms with Crippen molar-refractivity contribution in [1.29, 1.82) is 0 Å². The Balaban J connectivity index is 2.66. The smallest absolute Gasteiger partial charge is 0.224 e. The summed E-state index contributed by atoms with van der Waals surface area (Å²) in [6.07, 6.45) is 3.90. The van der Waals surface area contributed by atoms with Crippen molar-refractivity contribution in [2.45, 2.75) is 39.7 Å². The Bertz CT molecular complexity index is 356. The van der Waals surface area contributed by atoms with Gasteiger partial charge < -0.3 is 10.6 Å². The van der Waals surface area contributed by atoms with Gasteiger partial charge in [0.1, 0.15) is 5.02 Å². The lowest BCUT2D eigenvalue weighted by Crippen LogP contribution is -2.19. The fraction of sp³-hybridized carbons (Fsp3) is 0.667. The maximum Gasteiger partial charge on any atom is 0.224 e. The Morgan fingerprint density at radius 1 is 1.41 bits per heavy atom. The van der Waals surface area contributed by atoms with Gasteiger partial charge in [-0.05, 0) is 19.3 Å². The van der Waals surface area contributed by atoms with E-state index in [2.05, 4.69) is 41.4 Å². The van der Waals surface area contributed by atoms with E-state index in [4.69, 9.17) is 11.6 Å². The van der Waals surface area contributed by atoms with Gasteiger partial charge in [-0.3, -0.25) is 0 Å². The Labute approximate surface area is 108 Å². The highest BCUT2D eigenvalue weighted by atomic mass is 35.5. The fourth-order valence-electron chi connectivity index (χ4n) is 1.65. The highest BCUT2D eigenvalue weighted by Gasteiger charge is 2.10. The molecule has 2 atom stereocenters. The van der Waals surface area contributed by atoms with Crippen LogP contribution in [-0.2, 0) is 0 Å². The molecule has 2 unspecified atom stereocenters. The first-order valence-corrected chi connectivity index (χ1v) is 6.41. The van der Waals surface area contributed by atoms with Crippen molar-refractivity contribution in [3.05, 3.63) is 11.2 Å². The van der Waals surface area contributed by atoms with Gasteiger partial charge in [-0.25, -0.2) is 4.98 Å². The highest BCUT2D eigenvalue weighted by Crippen LogP contribution is 2.21. The average Bonchev–Trinajstić information content (AvgIpc) is 2.31. The van der Waals surface area contributed by atoms with E-state index in [0.29, 0.717) is 28.7 Å². The molecule has 0 spiro atoms. The minimum atomic E-state index is 0.349. The van der Waals surface area contributed by atoms with Gasteiger partial charge in [0.15, 0.2) is 5.82 Å². The van der Waals surface area contributed by atoms with Crippen molar-refractivity contribution in [3.8, 4) is 0 Å².